The molecule has 0 atom stereocenters. The van der Waals surface area contributed by atoms with E-state index in [1.807, 2.05) is 36.4 Å². The summed E-state index contributed by atoms with van der Waals surface area (Å²) in [6.45, 7) is 0. The third kappa shape index (κ3) is 4.11. The molecule has 0 fully saturated rings. The fourth-order valence-corrected chi connectivity index (χ4v) is 3.03. The van der Waals surface area contributed by atoms with Crippen molar-refractivity contribution in [3.8, 4) is 0 Å². The molecule has 3 aromatic carbocycles. The van der Waals surface area contributed by atoms with E-state index < -0.39 is 10.1 Å². The van der Waals surface area contributed by atoms with Crippen LogP contribution in [0.25, 0.3) is 21.5 Å². The van der Waals surface area contributed by atoms with Crippen LogP contribution in [0.2, 0.25) is 0 Å². The normalized spacial score (nSPS) is 13.7. The lowest BCUT2D eigenvalue weighted by Gasteiger charge is -2.04. The Hall–Kier alpha value is -3.09. The second-order valence-corrected chi connectivity index (χ2v) is 7.08. The van der Waals surface area contributed by atoms with E-state index in [1.54, 1.807) is 6.07 Å². The molecule has 0 spiro atoms. The summed E-state index contributed by atoms with van der Waals surface area (Å²) in [4.78, 5) is 20.5. The van der Waals surface area contributed by atoms with Crippen LogP contribution in [0.3, 0.4) is 0 Å². The molecule has 0 aromatic heterocycles. The molecule has 0 saturated heterocycles. The van der Waals surface area contributed by atoms with E-state index in [2.05, 4.69) is 0 Å². The molecule has 0 heterocycles. The average Bonchev–Trinajstić information content (AvgIpc) is 2.61. The molecule has 0 aliphatic heterocycles. The topological polar surface area (TPSA) is 88.5 Å². The van der Waals surface area contributed by atoms with Gasteiger partial charge in [0, 0.05) is 0 Å². The Bertz CT molecular complexity index is 1150. The molecule has 0 unspecified atom stereocenters. The molecule has 6 heteroatoms. The Balaban J connectivity index is 0.000000206. The highest BCUT2D eigenvalue weighted by molar-refractivity contribution is 7.85. The summed E-state index contributed by atoms with van der Waals surface area (Å²) in [5.41, 5.74) is 0. The van der Waals surface area contributed by atoms with Crippen LogP contribution in [0.4, 0.5) is 0 Å². The van der Waals surface area contributed by atoms with Crippen LogP contribution in [0.1, 0.15) is 0 Å². The van der Waals surface area contributed by atoms with Gasteiger partial charge in [0.25, 0.3) is 10.1 Å². The molecule has 3 aromatic rings. The van der Waals surface area contributed by atoms with Crippen LogP contribution in [0.5, 0.6) is 0 Å². The van der Waals surface area contributed by atoms with E-state index in [-0.39, 0.29) is 16.5 Å². The molecular formula is C20H14O5S. The maximum Gasteiger partial charge on any atom is 0.294 e. The SMILES string of the molecule is O=C1C=CC(=O)C=C1.O=S(=O)(O)c1ccc2cc3ccccc3cc2c1. The van der Waals surface area contributed by atoms with Crippen LogP contribution in [-0.4, -0.2) is 24.5 Å². The maximum absolute atomic E-state index is 11.1. The van der Waals surface area contributed by atoms with Crippen molar-refractivity contribution in [3.05, 3.63) is 78.9 Å². The maximum atomic E-state index is 11.1. The van der Waals surface area contributed by atoms with Crippen molar-refractivity contribution in [2.24, 2.45) is 0 Å². The lowest BCUT2D eigenvalue weighted by Crippen LogP contribution is -1.97. The Kier molecular flexibility index (Phi) is 4.79. The Morgan fingerprint density at radius 2 is 1.08 bits per heavy atom. The van der Waals surface area contributed by atoms with Gasteiger partial charge in [-0.3, -0.25) is 14.1 Å². The number of rotatable bonds is 1. The fraction of sp³-hybridized carbons (Fsp3) is 0. The van der Waals surface area contributed by atoms with Gasteiger partial charge in [-0.25, -0.2) is 0 Å². The van der Waals surface area contributed by atoms with E-state index in [0.29, 0.717) is 0 Å². The molecule has 26 heavy (non-hydrogen) atoms. The van der Waals surface area contributed by atoms with E-state index in [0.717, 1.165) is 21.5 Å². The monoisotopic (exact) mass is 366 g/mol. The summed E-state index contributed by atoms with van der Waals surface area (Å²) < 4.78 is 31.2. The predicted octanol–water partition coefficient (Wildman–Crippen LogP) is 3.49. The first-order valence-corrected chi connectivity index (χ1v) is 9.11. The molecule has 0 saturated carbocycles. The van der Waals surface area contributed by atoms with Gasteiger partial charge in [-0.2, -0.15) is 8.42 Å². The minimum Gasteiger partial charge on any atom is -0.290 e. The quantitative estimate of drug-likeness (QED) is 0.405. The summed E-state index contributed by atoms with van der Waals surface area (Å²) in [6, 6.07) is 16.4. The summed E-state index contributed by atoms with van der Waals surface area (Å²) >= 11 is 0. The molecule has 130 valence electrons. The Morgan fingerprint density at radius 3 is 1.58 bits per heavy atom. The van der Waals surface area contributed by atoms with Crippen molar-refractivity contribution in [2.75, 3.05) is 0 Å². The van der Waals surface area contributed by atoms with Crippen LogP contribution in [-0.2, 0) is 19.7 Å². The minimum atomic E-state index is -4.15. The zero-order chi connectivity index (χ0) is 18.7. The summed E-state index contributed by atoms with van der Waals surface area (Å²) in [5.74, 6) is -0.241. The number of carbonyl (C=O) groups excluding carboxylic acids is 2. The van der Waals surface area contributed by atoms with Gasteiger partial charge < -0.3 is 0 Å². The molecule has 5 nitrogen and oxygen atoms in total. The van der Waals surface area contributed by atoms with Crippen LogP contribution < -0.4 is 0 Å². The molecule has 1 N–H and O–H groups in total. The van der Waals surface area contributed by atoms with Crippen LogP contribution in [0.15, 0.2) is 83.8 Å². The standard InChI is InChI=1S/C14H10O3S.C6H4O2/c15-18(16,17)14-6-5-12-7-10-3-1-2-4-11(10)8-13(12)9-14;7-5-1-2-6(8)4-3-5/h1-9H,(H,15,16,17);1-4H. The van der Waals surface area contributed by atoms with Gasteiger partial charge in [0.1, 0.15) is 0 Å². The smallest absolute Gasteiger partial charge is 0.290 e. The molecule has 1 aliphatic rings. The minimum absolute atomic E-state index is 0.0784. The molecular weight excluding hydrogens is 352 g/mol. The highest BCUT2D eigenvalue weighted by atomic mass is 32.2. The number of hydrogen-bond acceptors (Lipinski definition) is 4. The van der Waals surface area contributed by atoms with Gasteiger partial charge in [0.2, 0.25) is 0 Å². The number of carbonyl (C=O) groups is 2. The van der Waals surface area contributed by atoms with E-state index >= 15 is 0 Å². The van der Waals surface area contributed by atoms with Crippen molar-refractivity contribution in [1.82, 2.24) is 0 Å². The molecule has 0 amide bonds. The van der Waals surface area contributed by atoms with Gasteiger partial charge >= 0.3 is 0 Å². The van der Waals surface area contributed by atoms with Crippen molar-refractivity contribution < 1.29 is 22.6 Å². The van der Waals surface area contributed by atoms with Crippen LogP contribution in [0, 0.1) is 0 Å². The number of fused-ring (bicyclic) bond motifs is 2. The first-order valence-electron chi connectivity index (χ1n) is 7.67. The van der Waals surface area contributed by atoms with Gasteiger partial charge in [-0.1, -0.05) is 30.3 Å². The van der Waals surface area contributed by atoms with Gasteiger partial charge in [-0.05, 0) is 70.1 Å². The summed E-state index contributed by atoms with van der Waals surface area (Å²) in [6.07, 6.45) is 5.01. The van der Waals surface area contributed by atoms with Gasteiger partial charge in [0.15, 0.2) is 11.6 Å². The third-order valence-corrected chi connectivity index (χ3v) is 4.65. The number of benzene rings is 3. The number of hydrogen-bond donors (Lipinski definition) is 1. The van der Waals surface area contributed by atoms with Crippen molar-refractivity contribution >= 4 is 43.2 Å². The highest BCUT2D eigenvalue weighted by Crippen LogP contribution is 2.25. The van der Waals surface area contributed by atoms with Gasteiger partial charge in [0.05, 0.1) is 4.90 Å². The molecule has 0 radical (unpaired) electrons. The molecule has 1 aliphatic carbocycles. The lowest BCUT2D eigenvalue weighted by molar-refractivity contribution is -0.113. The van der Waals surface area contributed by atoms with E-state index in [1.165, 1.54) is 36.4 Å². The molecule has 0 bridgehead atoms. The number of allylic oxidation sites excluding steroid dienone is 4. The Labute approximate surface area is 150 Å². The third-order valence-electron chi connectivity index (χ3n) is 3.80. The van der Waals surface area contributed by atoms with Crippen molar-refractivity contribution in [1.29, 1.82) is 0 Å². The van der Waals surface area contributed by atoms with Crippen LogP contribution >= 0.6 is 0 Å². The van der Waals surface area contributed by atoms with Crippen molar-refractivity contribution in [2.45, 2.75) is 4.90 Å². The second-order valence-electron chi connectivity index (χ2n) is 5.65. The first kappa shape index (κ1) is 17.7. The Morgan fingerprint density at radius 1 is 0.615 bits per heavy atom. The number of ketones is 2. The largest absolute Gasteiger partial charge is 0.294 e. The van der Waals surface area contributed by atoms with Crippen molar-refractivity contribution in [3.63, 3.8) is 0 Å². The van der Waals surface area contributed by atoms with E-state index in [9.17, 15) is 18.0 Å². The summed E-state index contributed by atoms with van der Waals surface area (Å²) in [7, 11) is -4.15. The van der Waals surface area contributed by atoms with E-state index in [4.69, 9.17) is 4.55 Å². The summed E-state index contributed by atoms with van der Waals surface area (Å²) in [5, 5.41) is 3.88. The lowest BCUT2D eigenvalue weighted by atomic mass is 10.0. The highest BCUT2D eigenvalue weighted by Gasteiger charge is 2.09. The fourth-order valence-electron chi connectivity index (χ4n) is 2.52. The predicted molar refractivity (Wildman–Crippen MR) is 99.6 cm³/mol. The zero-order valence-electron chi connectivity index (χ0n) is 13.5. The van der Waals surface area contributed by atoms with Gasteiger partial charge in [-0.15, -0.1) is 0 Å². The first-order chi connectivity index (χ1) is 12.3. The second kappa shape index (κ2) is 7.03. The zero-order valence-corrected chi connectivity index (χ0v) is 14.3. The average molecular weight is 366 g/mol. The molecule has 4 rings (SSSR count).